The topological polar surface area (TPSA) is 87.1 Å². The number of nitrogens with zero attached hydrogens (tertiary/aromatic N) is 3. The number of non-ortho nitro benzene ring substituents is 1. The zero-order chi connectivity index (χ0) is 21.5. The maximum Gasteiger partial charge on any atom is 0.332 e. The zero-order valence-corrected chi connectivity index (χ0v) is 17.4. The van der Waals surface area contributed by atoms with E-state index >= 15 is 0 Å². The number of fused-ring (bicyclic) bond motifs is 3. The lowest BCUT2D eigenvalue weighted by molar-refractivity contribution is -0.384. The summed E-state index contributed by atoms with van der Waals surface area (Å²) in [6.45, 7) is 0.361. The summed E-state index contributed by atoms with van der Waals surface area (Å²) in [6.07, 6.45) is 2.77. The lowest BCUT2D eigenvalue weighted by Crippen LogP contribution is -2.40. The molecular weight excluding hydrogens is 414 g/mol. The van der Waals surface area contributed by atoms with Crippen molar-refractivity contribution in [2.24, 2.45) is 0 Å². The molecule has 5 rings (SSSR count). The first-order valence-corrected chi connectivity index (χ1v) is 10.9. The quantitative estimate of drug-likeness (QED) is 0.355. The van der Waals surface area contributed by atoms with E-state index in [4.69, 9.17) is 0 Å². The van der Waals surface area contributed by atoms with Gasteiger partial charge in [-0.2, -0.15) is 0 Å². The number of thiophene rings is 1. The van der Waals surface area contributed by atoms with E-state index < -0.39 is 10.6 Å². The van der Waals surface area contributed by atoms with Gasteiger partial charge >= 0.3 is 5.69 Å². The molecular formula is C23H19N3O4S. The molecule has 0 aliphatic heterocycles. The standard InChI is InChI=1S/C23H19N3O4S/c27-21-20-18-10-5-11-19(18)31-22(20)25(14-16-8-4-9-17(12-16)26(29)30)23(28)24(21)13-15-6-2-1-3-7-15/h1-4,6-9,12H,5,10-11,13-14H2. The van der Waals surface area contributed by atoms with Gasteiger partial charge in [0.05, 0.1) is 23.4 Å². The Balaban J connectivity index is 1.72. The van der Waals surface area contributed by atoms with Crippen LogP contribution in [0.25, 0.3) is 10.2 Å². The van der Waals surface area contributed by atoms with Crippen molar-refractivity contribution in [2.75, 3.05) is 0 Å². The smallest absolute Gasteiger partial charge is 0.280 e. The van der Waals surface area contributed by atoms with Crippen molar-refractivity contribution in [3.05, 3.63) is 107 Å². The minimum Gasteiger partial charge on any atom is -0.280 e. The Hall–Kier alpha value is -3.52. The average molecular weight is 433 g/mol. The highest BCUT2D eigenvalue weighted by molar-refractivity contribution is 7.18. The van der Waals surface area contributed by atoms with E-state index in [-0.39, 0.29) is 24.3 Å². The highest BCUT2D eigenvalue weighted by Gasteiger charge is 2.25. The maximum atomic E-state index is 13.5. The molecule has 2 heterocycles. The molecule has 2 aromatic carbocycles. The third kappa shape index (κ3) is 3.38. The summed E-state index contributed by atoms with van der Waals surface area (Å²) in [6, 6.07) is 15.7. The van der Waals surface area contributed by atoms with Gasteiger partial charge in [0.1, 0.15) is 4.83 Å². The number of benzene rings is 2. The summed E-state index contributed by atoms with van der Waals surface area (Å²) in [5.41, 5.74) is 1.91. The summed E-state index contributed by atoms with van der Waals surface area (Å²) in [7, 11) is 0. The van der Waals surface area contributed by atoms with Gasteiger partial charge in [0, 0.05) is 17.0 Å². The van der Waals surface area contributed by atoms with E-state index in [0.29, 0.717) is 15.8 Å². The molecule has 0 bridgehead atoms. The van der Waals surface area contributed by atoms with Crippen molar-refractivity contribution < 1.29 is 4.92 Å². The highest BCUT2D eigenvalue weighted by atomic mass is 32.1. The number of nitro benzene ring substituents is 1. The minimum absolute atomic E-state index is 0.0203. The minimum atomic E-state index is -0.447. The molecule has 0 N–H and O–H groups in total. The van der Waals surface area contributed by atoms with Crippen LogP contribution in [0.1, 0.15) is 28.0 Å². The fraction of sp³-hybridized carbons (Fsp3) is 0.217. The molecule has 0 spiro atoms. The average Bonchev–Trinajstić information content (AvgIpc) is 3.36. The predicted molar refractivity (Wildman–Crippen MR) is 120 cm³/mol. The maximum absolute atomic E-state index is 13.5. The molecule has 0 atom stereocenters. The number of aromatic nitrogens is 2. The molecule has 2 aromatic heterocycles. The predicted octanol–water partition coefficient (Wildman–Crippen LogP) is 3.72. The molecule has 156 valence electrons. The first-order chi connectivity index (χ1) is 15.0. The van der Waals surface area contributed by atoms with Crippen LogP contribution in [0.3, 0.4) is 0 Å². The van der Waals surface area contributed by atoms with Crippen LogP contribution >= 0.6 is 11.3 Å². The molecule has 0 unspecified atom stereocenters. The van der Waals surface area contributed by atoms with Crippen molar-refractivity contribution in [1.29, 1.82) is 0 Å². The Morgan fingerprint density at radius 1 is 0.935 bits per heavy atom. The van der Waals surface area contributed by atoms with Crippen molar-refractivity contribution in [3.8, 4) is 0 Å². The van der Waals surface area contributed by atoms with Crippen molar-refractivity contribution in [1.82, 2.24) is 9.13 Å². The van der Waals surface area contributed by atoms with Crippen LogP contribution in [0.15, 0.2) is 64.2 Å². The van der Waals surface area contributed by atoms with Crippen LogP contribution in [0.4, 0.5) is 5.69 Å². The van der Waals surface area contributed by atoms with Crippen molar-refractivity contribution in [3.63, 3.8) is 0 Å². The normalized spacial score (nSPS) is 12.9. The molecule has 7 nitrogen and oxygen atoms in total. The van der Waals surface area contributed by atoms with E-state index in [1.165, 1.54) is 28.0 Å². The van der Waals surface area contributed by atoms with Gasteiger partial charge < -0.3 is 0 Å². The fourth-order valence-corrected chi connectivity index (χ4v) is 5.62. The molecule has 1 aliphatic carbocycles. The fourth-order valence-electron chi connectivity index (χ4n) is 4.25. The molecule has 0 radical (unpaired) electrons. The van der Waals surface area contributed by atoms with E-state index in [1.54, 1.807) is 16.7 Å². The van der Waals surface area contributed by atoms with E-state index in [9.17, 15) is 19.7 Å². The second-order valence-electron chi connectivity index (χ2n) is 7.71. The zero-order valence-electron chi connectivity index (χ0n) is 16.6. The number of rotatable bonds is 5. The largest absolute Gasteiger partial charge is 0.332 e. The summed E-state index contributed by atoms with van der Waals surface area (Å²) in [5.74, 6) is 0. The monoisotopic (exact) mass is 433 g/mol. The van der Waals surface area contributed by atoms with Crippen LogP contribution in [0.2, 0.25) is 0 Å². The Bertz CT molecular complexity index is 1430. The van der Waals surface area contributed by atoms with Gasteiger partial charge in [0.2, 0.25) is 0 Å². The van der Waals surface area contributed by atoms with Gasteiger partial charge in [0.15, 0.2) is 0 Å². The second kappa shape index (κ2) is 7.63. The van der Waals surface area contributed by atoms with Crippen LogP contribution in [-0.4, -0.2) is 14.1 Å². The molecule has 0 saturated heterocycles. The van der Waals surface area contributed by atoms with Crippen LogP contribution in [0, 0.1) is 10.1 Å². The Morgan fingerprint density at radius 3 is 2.45 bits per heavy atom. The lowest BCUT2D eigenvalue weighted by atomic mass is 10.1. The molecule has 8 heteroatoms. The van der Waals surface area contributed by atoms with Gasteiger partial charge in [0.25, 0.3) is 11.2 Å². The van der Waals surface area contributed by atoms with Gasteiger partial charge in [-0.25, -0.2) is 4.79 Å². The molecule has 31 heavy (non-hydrogen) atoms. The van der Waals surface area contributed by atoms with Crippen LogP contribution in [0.5, 0.6) is 0 Å². The van der Waals surface area contributed by atoms with Crippen LogP contribution in [-0.2, 0) is 25.9 Å². The van der Waals surface area contributed by atoms with Crippen molar-refractivity contribution in [2.45, 2.75) is 32.4 Å². The lowest BCUT2D eigenvalue weighted by Gasteiger charge is -2.13. The number of hydrogen-bond donors (Lipinski definition) is 0. The number of aryl methyl sites for hydroxylation is 2. The summed E-state index contributed by atoms with van der Waals surface area (Å²) >= 11 is 1.50. The SMILES string of the molecule is O=c1c2c3c(sc2n(Cc2cccc([N+](=O)[O-])c2)c(=O)n1Cc1ccccc1)CCC3. The number of nitro groups is 1. The Labute approximate surface area is 181 Å². The van der Waals surface area contributed by atoms with E-state index in [2.05, 4.69) is 0 Å². The van der Waals surface area contributed by atoms with Gasteiger partial charge in [-0.3, -0.25) is 24.0 Å². The molecule has 0 amide bonds. The summed E-state index contributed by atoms with van der Waals surface area (Å²) in [4.78, 5) is 39.4. The highest BCUT2D eigenvalue weighted by Crippen LogP contribution is 2.35. The second-order valence-corrected chi connectivity index (χ2v) is 8.79. The van der Waals surface area contributed by atoms with E-state index in [0.717, 1.165) is 35.3 Å². The van der Waals surface area contributed by atoms with Crippen LogP contribution < -0.4 is 11.2 Å². The Morgan fingerprint density at radius 2 is 1.68 bits per heavy atom. The van der Waals surface area contributed by atoms with E-state index in [1.807, 2.05) is 30.3 Å². The number of hydrogen-bond acceptors (Lipinski definition) is 5. The van der Waals surface area contributed by atoms with Crippen molar-refractivity contribution >= 4 is 27.2 Å². The van der Waals surface area contributed by atoms with Gasteiger partial charge in [-0.1, -0.05) is 42.5 Å². The molecule has 0 fully saturated rings. The first-order valence-electron chi connectivity index (χ1n) is 10.1. The Kier molecular flexibility index (Phi) is 4.78. The molecule has 4 aromatic rings. The summed E-state index contributed by atoms with van der Waals surface area (Å²) < 4.78 is 2.89. The summed E-state index contributed by atoms with van der Waals surface area (Å²) in [5, 5.41) is 11.8. The third-order valence-electron chi connectivity index (χ3n) is 5.71. The molecule has 0 saturated carbocycles. The third-order valence-corrected chi connectivity index (χ3v) is 7.03. The van der Waals surface area contributed by atoms with Gasteiger partial charge in [-0.15, -0.1) is 11.3 Å². The first kappa shape index (κ1) is 19.4. The molecule has 1 aliphatic rings. The van der Waals surface area contributed by atoms with Gasteiger partial charge in [-0.05, 0) is 36.0 Å².